The average molecular weight is 221 g/mol. The maximum Gasteiger partial charge on any atom is 0.0559 e. The van der Waals surface area contributed by atoms with E-state index >= 15 is 0 Å². The first kappa shape index (κ1) is 10.2. The molecule has 3 aromatic rings. The largest absolute Gasteiger partial charge is 0.347 e. The number of benzene rings is 2. The molecule has 0 aliphatic rings. The molecule has 0 fully saturated rings. The minimum atomic E-state index is 1.01. The van der Waals surface area contributed by atoms with Crippen LogP contribution in [0.2, 0.25) is 0 Å². The van der Waals surface area contributed by atoms with Gasteiger partial charge in [-0.3, -0.25) is 0 Å². The van der Waals surface area contributed by atoms with Crippen molar-refractivity contribution < 1.29 is 0 Å². The predicted molar refractivity (Wildman–Crippen MR) is 73.0 cm³/mol. The van der Waals surface area contributed by atoms with E-state index in [9.17, 15) is 0 Å². The first-order valence-corrected chi connectivity index (χ1v) is 6.03. The molecule has 0 unspecified atom stereocenters. The molecular weight excluding hydrogens is 206 g/mol. The normalized spacial score (nSPS) is 10.9. The first-order valence-electron chi connectivity index (χ1n) is 6.03. The molecule has 2 aromatic carbocycles. The topological polar surface area (TPSA) is 4.93 Å². The maximum atomic E-state index is 2.30. The number of aryl methyl sites for hydroxylation is 1. The van der Waals surface area contributed by atoms with Gasteiger partial charge in [-0.25, -0.2) is 0 Å². The number of aromatic nitrogens is 1. The van der Waals surface area contributed by atoms with Gasteiger partial charge >= 0.3 is 0 Å². The SMILES string of the molecule is CCn1ccc2cccc(-c3ccccc3)c21. The molecule has 1 heterocycles. The van der Waals surface area contributed by atoms with Crippen LogP contribution >= 0.6 is 0 Å². The van der Waals surface area contributed by atoms with E-state index in [1.807, 2.05) is 0 Å². The summed E-state index contributed by atoms with van der Waals surface area (Å²) in [5, 5.41) is 1.31. The van der Waals surface area contributed by atoms with E-state index in [1.165, 1.54) is 22.0 Å². The van der Waals surface area contributed by atoms with Crippen LogP contribution in [0.3, 0.4) is 0 Å². The zero-order valence-electron chi connectivity index (χ0n) is 9.93. The standard InChI is InChI=1S/C16H15N/c1-2-17-12-11-14-9-6-10-15(16(14)17)13-7-4-3-5-8-13/h3-12H,2H2,1H3. The summed E-state index contributed by atoms with van der Waals surface area (Å²) in [6.45, 7) is 3.19. The Balaban J connectivity index is 2.33. The van der Waals surface area contributed by atoms with E-state index in [2.05, 4.69) is 72.3 Å². The third-order valence-electron chi connectivity index (χ3n) is 3.21. The number of nitrogens with zero attached hydrogens (tertiary/aromatic N) is 1. The van der Waals surface area contributed by atoms with Crippen molar-refractivity contribution in [3.05, 3.63) is 60.8 Å². The minimum Gasteiger partial charge on any atom is -0.347 e. The molecule has 0 bridgehead atoms. The number of fused-ring (bicyclic) bond motifs is 1. The summed E-state index contributed by atoms with van der Waals surface area (Å²) < 4.78 is 2.30. The maximum absolute atomic E-state index is 2.30. The highest BCUT2D eigenvalue weighted by molar-refractivity contribution is 5.94. The average Bonchev–Trinajstić information content (AvgIpc) is 2.82. The van der Waals surface area contributed by atoms with E-state index < -0.39 is 0 Å². The van der Waals surface area contributed by atoms with Gasteiger partial charge in [0.15, 0.2) is 0 Å². The molecule has 0 saturated carbocycles. The summed E-state index contributed by atoms with van der Waals surface area (Å²) in [5.74, 6) is 0. The van der Waals surface area contributed by atoms with Crippen molar-refractivity contribution in [3.8, 4) is 11.1 Å². The molecule has 0 amide bonds. The van der Waals surface area contributed by atoms with Gasteiger partial charge in [0.05, 0.1) is 5.52 Å². The minimum absolute atomic E-state index is 1.01. The number of hydrogen-bond donors (Lipinski definition) is 0. The van der Waals surface area contributed by atoms with Gasteiger partial charge in [0, 0.05) is 23.7 Å². The quantitative estimate of drug-likeness (QED) is 0.607. The predicted octanol–water partition coefficient (Wildman–Crippen LogP) is 4.33. The third-order valence-corrected chi connectivity index (χ3v) is 3.21. The van der Waals surface area contributed by atoms with Gasteiger partial charge in [0.1, 0.15) is 0 Å². The van der Waals surface area contributed by atoms with Gasteiger partial charge in [0.2, 0.25) is 0 Å². The smallest absolute Gasteiger partial charge is 0.0559 e. The first-order chi connectivity index (χ1) is 8.40. The molecule has 1 nitrogen and oxygen atoms in total. The fraction of sp³-hybridized carbons (Fsp3) is 0.125. The van der Waals surface area contributed by atoms with Gasteiger partial charge in [-0.1, -0.05) is 48.5 Å². The fourth-order valence-electron chi connectivity index (χ4n) is 2.38. The van der Waals surface area contributed by atoms with Crippen molar-refractivity contribution >= 4 is 10.9 Å². The molecule has 84 valence electrons. The highest BCUT2D eigenvalue weighted by Crippen LogP contribution is 2.29. The molecule has 0 aliphatic carbocycles. The number of hydrogen-bond acceptors (Lipinski definition) is 0. The lowest BCUT2D eigenvalue weighted by molar-refractivity contribution is 0.798. The Morgan fingerprint density at radius 1 is 0.882 bits per heavy atom. The molecule has 0 radical (unpaired) electrons. The van der Waals surface area contributed by atoms with E-state index in [-0.39, 0.29) is 0 Å². The molecule has 0 atom stereocenters. The molecule has 3 rings (SSSR count). The van der Waals surface area contributed by atoms with E-state index in [0.29, 0.717) is 0 Å². The molecule has 0 N–H and O–H groups in total. The molecule has 0 spiro atoms. The van der Waals surface area contributed by atoms with Crippen LogP contribution in [0.4, 0.5) is 0 Å². The summed E-state index contributed by atoms with van der Waals surface area (Å²) in [4.78, 5) is 0. The van der Waals surface area contributed by atoms with E-state index in [0.717, 1.165) is 6.54 Å². The van der Waals surface area contributed by atoms with Crippen LogP contribution in [0.1, 0.15) is 6.92 Å². The van der Waals surface area contributed by atoms with Gasteiger partial charge in [-0.05, 0) is 18.6 Å². The second-order valence-corrected chi connectivity index (χ2v) is 4.21. The van der Waals surface area contributed by atoms with E-state index in [4.69, 9.17) is 0 Å². The Hall–Kier alpha value is -2.02. The number of para-hydroxylation sites is 1. The monoisotopic (exact) mass is 221 g/mol. The molecular formula is C16H15N. The van der Waals surface area contributed by atoms with Crippen LogP contribution in [-0.4, -0.2) is 4.57 Å². The van der Waals surface area contributed by atoms with E-state index in [1.54, 1.807) is 0 Å². The van der Waals surface area contributed by atoms with Crippen molar-refractivity contribution in [3.63, 3.8) is 0 Å². The Kier molecular flexibility index (Phi) is 2.45. The second-order valence-electron chi connectivity index (χ2n) is 4.21. The van der Waals surface area contributed by atoms with Crippen LogP contribution in [0.15, 0.2) is 60.8 Å². The summed E-state index contributed by atoms with van der Waals surface area (Å²) in [6.07, 6.45) is 2.16. The van der Waals surface area contributed by atoms with Crippen LogP contribution in [0.25, 0.3) is 22.0 Å². The van der Waals surface area contributed by atoms with Crippen molar-refractivity contribution in [2.75, 3.05) is 0 Å². The van der Waals surface area contributed by atoms with Crippen molar-refractivity contribution in [1.29, 1.82) is 0 Å². The molecule has 17 heavy (non-hydrogen) atoms. The van der Waals surface area contributed by atoms with Crippen molar-refractivity contribution in [2.24, 2.45) is 0 Å². The lowest BCUT2D eigenvalue weighted by Crippen LogP contribution is -1.92. The Morgan fingerprint density at radius 2 is 1.71 bits per heavy atom. The molecule has 1 heteroatoms. The number of rotatable bonds is 2. The lowest BCUT2D eigenvalue weighted by atomic mass is 10.0. The van der Waals surface area contributed by atoms with Crippen molar-refractivity contribution in [1.82, 2.24) is 4.57 Å². The highest BCUT2D eigenvalue weighted by atomic mass is 14.9. The molecule has 1 aromatic heterocycles. The zero-order chi connectivity index (χ0) is 11.7. The lowest BCUT2D eigenvalue weighted by Gasteiger charge is -2.08. The van der Waals surface area contributed by atoms with Gasteiger partial charge in [-0.2, -0.15) is 0 Å². The van der Waals surface area contributed by atoms with Crippen LogP contribution in [-0.2, 0) is 6.54 Å². The second kappa shape index (κ2) is 4.10. The summed E-state index contributed by atoms with van der Waals surface area (Å²) in [7, 11) is 0. The highest BCUT2D eigenvalue weighted by Gasteiger charge is 2.06. The Labute approximate surface area is 101 Å². The summed E-state index contributed by atoms with van der Waals surface area (Å²) >= 11 is 0. The molecule has 0 saturated heterocycles. The van der Waals surface area contributed by atoms with Crippen LogP contribution in [0.5, 0.6) is 0 Å². The van der Waals surface area contributed by atoms with Gasteiger partial charge in [0.25, 0.3) is 0 Å². The van der Waals surface area contributed by atoms with Crippen molar-refractivity contribution in [2.45, 2.75) is 13.5 Å². The Morgan fingerprint density at radius 3 is 2.47 bits per heavy atom. The zero-order valence-corrected chi connectivity index (χ0v) is 9.93. The van der Waals surface area contributed by atoms with Gasteiger partial charge in [-0.15, -0.1) is 0 Å². The van der Waals surface area contributed by atoms with Gasteiger partial charge < -0.3 is 4.57 Å². The summed E-state index contributed by atoms with van der Waals surface area (Å²) in [6, 6.07) is 19.3. The Bertz CT molecular complexity index is 635. The van der Waals surface area contributed by atoms with Crippen LogP contribution < -0.4 is 0 Å². The fourth-order valence-corrected chi connectivity index (χ4v) is 2.38. The van der Waals surface area contributed by atoms with Crippen LogP contribution in [0, 0.1) is 0 Å². The summed E-state index contributed by atoms with van der Waals surface area (Å²) in [5.41, 5.74) is 3.93. The third kappa shape index (κ3) is 1.64. The molecule has 0 aliphatic heterocycles.